The number of hydrogen-bond acceptors (Lipinski definition) is 5. The van der Waals surface area contributed by atoms with Gasteiger partial charge in [0.25, 0.3) is 0 Å². The van der Waals surface area contributed by atoms with Crippen molar-refractivity contribution in [2.45, 2.75) is 27.3 Å². The molecule has 0 saturated heterocycles. The van der Waals surface area contributed by atoms with Crippen molar-refractivity contribution in [3.8, 4) is 23.2 Å². The molecule has 25 heavy (non-hydrogen) atoms. The molecule has 0 atom stereocenters. The predicted octanol–water partition coefficient (Wildman–Crippen LogP) is 3.19. The van der Waals surface area contributed by atoms with E-state index in [1.807, 2.05) is 49.7 Å². The van der Waals surface area contributed by atoms with Crippen LogP contribution in [0.15, 0.2) is 30.5 Å². The molecule has 0 N–H and O–H groups in total. The summed E-state index contributed by atoms with van der Waals surface area (Å²) < 4.78 is 7.50. The second kappa shape index (κ2) is 6.73. The van der Waals surface area contributed by atoms with E-state index in [9.17, 15) is 0 Å². The summed E-state index contributed by atoms with van der Waals surface area (Å²) in [7, 11) is 1.67. The number of nitrogens with zero attached hydrogens (tertiary/aromatic N) is 5. The van der Waals surface area contributed by atoms with E-state index >= 15 is 0 Å². The summed E-state index contributed by atoms with van der Waals surface area (Å²) in [5.74, 6) is 2.36. The largest absolute Gasteiger partial charge is 0.496 e. The Labute approximate surface area is 146 Å². The first-order chi connectivity index (χ1) is 12.0. The van der Waals surface area contributed by atoms with Crippen LogP contribution in [0.25, 0.3) is 11.4 Å². The van der Waals surface area contributed by atoms with Gasteiger partial charge < -0.3 is 9.30 Å². The lowest BCUT2D eigenvalue weighted by Gasteiger charge is -2.14. The number of methoxy groups -OCH3 is 1. The summed E-state index contributed by atoms with van der Waals surface area (Å²) in [5, 5.41) is 17.6. The van der Waals surface area contributed by atoms with Crippen molar-refractivity contribution >= 4 is 0 Å². The van der Waals surface area contributed by atoms with Gasteiger partial charge in [-0.1, -0.05) is 12.1 Å². The van der Waals surface area contributed by atoms with Crippen LogP contribution in [0.3, 0.4) is 0 Å². The topological polar surface area (TPSA) is 76.6 Å². The van der Waals surface area contributed by atoms with E-state index in [-0.39, 0.29) is 0 Å². The molecule has 0 aliphatic heterocycles. The molecule has 3 rings (SSSR count). The van der Waals surface area contributed by atoms with E-state index < -0.39 is 0 Å². The number of aromatic nitrogens is 4. The van der Waals surface area contributed by atoms with Gasteiger partial charge in [0, 0.05) is 22.9 Å². The van der Waals surface area contributed by atoms with E-state index in [2.05, 4.69) is 21.3 Å². The number of aryl methyl sites for hydroxylation is 2. The third kappa shape index (κ3) is 3.09. The quantitative estimate of drug-likeness (QED) is 0.733. The summed E-state index contributed by atoms with van der Waals surface area (Å²) in [5.41, 5.74) is 4.37. The maximum absolute atomic E-state index is 9.12. The van der Waals surface area contributed by atoms with Gasteiger partial charge in [-0.3, -0.25) is 4.98 Å². The molecule has 0 unspecified atom stereocenters. The van der Waals surface area contributed by atoms with Crippen LogP contribution in [0.4, 0.5) is 0 Å². The molecular formula is C19H19N5O. The van der Waals surface area contributed by atoms with Gasteiger partial charge in [-0.2, -0.15) is 5.26 Å². The van der Waals surface area contributed by atoms with Crippen LogP contribution in [-0.2, 0) is 6.54 Å². The Bertz CT molecular complexity index is 968. The maximum Gasteiger partial charge on any atom is 0.164 e. The van der Waals surface area contributed by atoms with Crippen LogP contribution in [0.1, 0.15) is 28.2 Å². The fraction of sp³-hybridized carbons (Fsp3) is 0.263. The minimum atomic E-state index is 0.535. The van der Waals surface area contributed by atoms with E-state index in [4.69, 9.17) is 10.00 Å². The lowest BCUT2D eigenvalue weighted by Crippen LogP contribution is -2.09. The van der Waals surface area contributed by atoms with Gasteiger partial charge in [0.1, 0.15) is 11.6 Å². The molecule has 0 spiro atoms. The first-order valence-corrected chi connectivity index (χ1v) is 7.94. The van der Waals surface area contributed by atoms with Crippen LogP contribution in [0.2, 0.25) is 0 Å². The standard InChI is InChI=1S/C19H19N5O/c1-12-10-21-17(13(2)18(12)25-4)11-24-14(3)22-23-19(24)16-7-5-6-15(8-16)9-20/h5-8,10H,11H2,1-4H3. The van der Waals surface area contributed by atoms with Crippen molar-refractivity contribution in [1.29, 1.82) is 5.26 Å². The van der Waals surface area contributed by atoms with E-state index in [0.29, 0.717) is 12.1 Å². The van der Waals surface area contributed by atoms with Gasteiger partial charge in [0.2, 0.25) is 0 Å². The minimum absolute atomic E-state index is 0.535. The van der Waals surface area contributed by atoms with Gasteiger partial charge in [0.15, 0.2) is 5.82 Å². The van der Waals surface area contributed by atoms with Gasteiger partial charge in [-0.15, -0.1) is 10.2 Å². The zero-order valence-corrected chi connectivity index (χ0v) is 14.7. The van der Waals surface area contributed by atoms with Gasteiger partial charge >= 0.3 is 0 Å². The van der Waals surface area contributed by atoms with Crippen molar-refractivity contribution in [3.63, 3.8) is 0 Å². The number of ether oxygens (including phenoxy) is 1. The van der Waals surface area contributed by atoms with E-state index in [0.717, 1.165) is 39.8 Å². The maximum atomic E-state index is 9.12. The fourth-order valence-corrected chi connectivity index (χ4v) is 2.89. The third-order valence-corrected chi connectivity index (χ3v) is 4.24. The lowest BCUT2D eigenvalue weighted by molar-refractivity contribution is 0.406. The first kappa shape index (κ1) is 16.7. The Morgan fingerprint density at radius 1 is 1.20 bits per heavy atom. The molecule has 2 heterocycles. The van der Waals surface area contributed by atoms with Crippen molar-refractivity contribution < 1.29 is 4.74 Å². The summed E-state index contributed by atoms with van der Waals surface area (Å²) in [6, 6.07) is 9.52. The molecule has 0 radical (unpaired) electrons. The summed E-state index contributed by atoms with van der Waals surface area (Å²) in [6.45, 7) is 6.42. The molecule has 0 aliphatic rings. The van der Waals surface area contributed by atoms with Crippen LogP contribution in [-0.4, -0.2) is 26.9 Å². The fourth-order valence-electron chi connectivity index (χ4n) is 2.89. The van der Waals surface area contributed by atoms with Crippen molar-refractivity contribution in [1.82, 2.24) is 19.7 Å². The molecular weight excluding hydrogens is 314 g/mol. The highest BCUT2D eigenvalue weighted by molar-refractivity contribution is 5.58. The Hall–Kier alpha value is -3.20. The van der Waals surface area contributed by atoms with Crippen LogP contribution >= 0.6 is 0 Å². The van der Waals surface area contributed by atoms with E-state index in [1.165, 1.54) is 0 Å². The number of benzene rings is 1. The highest BCUT2D eigenvalue weighted by atomic mass is 16.5. The highest BCUT2D eigenvalue weighted by Crippen LogP contribution is 2.26. The van der Waals surface area contributed by atoms with Gasteiger partial charge in [-0.25, -0.2) is 0 Å². The second-order valence-electron chi connectivity index (χ2n) is 5.90. The third-order valence-electron chi connectivity index (χ3n) is 4.24. The zero-order valence-electron chi connectivity index (χ0n) is 14.7. The average molecular weight is 333 g/mol. The minimum Gasteiger partial charge on any atom is -0.496 e. The number of pyridine rings is 1. The molecule has 126 valence electrons. The van der Waals surface area contributed by atoms with Crippen molar-refractivity contribution in [2.24, 2.45) is 0 Å². The molecule has 6 nitrogen and oxygen atoms in total. The average Bonchev–Trinajstić information content (AvgIpc) is 2.98. The molecule has 6 heteroatoms. The Morgan fingerprint density at radius 3 is 2.72 bits per heavy atom. The number of nitriles is 1. The monoisotopic (exact) mass is 333 g/mol. The van der Waals surface area contributed by atoms with E-state index in [1.54, 1.807) is 13.2 Å². The Kier molecular flexibility index (Phi) is 4.48. The highest BCUT2D eigenvalue weighted by Gasteiger charge is 2.16. The molecule has 0 fully saturated rings. The van der Waals surface area contributed by atoms with Crippen LogP contribution in [0.5, 0.6) is 5.75 Å². The zero-order chi connectivity index (χ0) is 18.0. The summed E-state index contributed by atoms with van der Waals surface area (Å²) >= 11 is 0. The molecule has 0 amide bonds. The normalized spacial score (nSPS) is 10.5. The number of hydrogen-bond donors (Lipinski definition) is 0. The molecule has 0 aliphatic carbocycles. The molecule has 0 saturated carbocycles. The van der Waals surface area contributed by atoms with Crippen molar-refractivity contribution in [3.05, 3.63) is 58.7 Å². The lowest BCUT2D eigenvalue weighted by atomic mass is 10.1. The van der Waals surface area contributed by atoms with Crippen LogP contribution in [0, 0.1) is 32.1 Å². The smallest absolute Gasteiger partial charge is 0.164 e. The Morgan fingerprint density at radius 2 is 2.00 bits per heavy atom. The number of rotatable bonds is 4. The van der Waals surface area contributed by atoms with Gasteiger partial charge in [-0.05, 0) is 32.9 Å². The summed E-state index contributed by atoms with van der Waals surface area (Å²) in [4.78, 5) is 4.56. The molecule has 2 aromatic heterocycles. The summed E-state index contributed by atoms with van der Waals surface area (Å²) in [6.07, 6.45) is 1.82. The Balaban J connectivity index is 2.05. The van der Waals surface area contributed by atoms with Gasteiger partial charge in [0.05, 0.1) is 31.0 Å². The van der Waals surface area contributed by atoms with Crippen LogP contribution < -0.4 is 4.74 Å². The molecule has 0 bridgehead atoms. The molecule has 1 aromatic carbocycles. The predicted molar refractivity (Wildman–Crippen MR) is 94.3 cm³/mol. The first-order valence-electron chi connectivity index (χ1n) is 7.94. The second-order valence-corrected chi connectivity index (χ2v) is 5.90. The molecule has 3 aromatic rings. The SMILES string of the molecule is COc1c(C)cnc(Cn2c(C)nnc2-c2cccc(C#N)c2)c1C. The van der Waals surface area contributed by atoms with Crippen molar-refractivity contribution in [2.75, 3.05) is 7.11 Å².